The molecule has 1 atom stereocenters. The predicted octanol–water partition coefficient (Wildman–Crippen LogP) is 2.55. The van der Waals surface area contributed by atoms with Crippen LogP contribution in [0.2, 0.25) is 0 Å². The Morgan fingerprint density at radius 2 is 2.20 bits per heavy atom. The first-order valence-corrected chi connectivity index (χ1v) is 6.06. The van der Waals surface area contributed by atoms with Crippen LogP contribution < -0.4 is 5.73 Å². The van der Waals surface area contributed by atoms with Crippen molar-refractivity contribution < 1.29 is 0 Å². The second-order valence-corrected chi connectivity index (χ2v) is 5.29. The summed E-state index contributed by atoms with van der Waals surface area (Å²) in [6.07, 6.45) is 5.27. The standard InChI is InChI=1S/C14H19N/c1-10-2-5-13-11(8-10)3-4-12(9-15)14(13)6-7-14/h2,5,8,12H,3-4,6-7,9,15H2,1H3. The summed E-state index contributed by atoms with van der Waals surface area (Å²) >= 11 is 0. The van der Waals surface area contributed by atoms with Crippen LogP contribution in [0.4, 0.5) is 0 Å². The van der Waals surface area contributed by atoms with Gasteiger partial charge in [0.2, 0.25) is 0 Å². The molecule has 0 saturated heterocycles. The van der Waals surface area contributed by atoms with Crippen LogP contribution >= 0.6 is 0 Å². The summed E-state index contributed by atoms with van der Waals surface area (Å²) in [4.78, 5) is 0. The monoisotopic (exact) mass is 201 g/mol. The SMILES string of the molecule is Cc1ccc2c(c1)CCC(CN)C21CC1. The van der Waals surface area contributed by atoms with E-state index in [0.29, 0.717) is 5.41 Å². The van der Waals surface area contributed by atoms with Gasteiger partial charge in [-0.25, -0.2) is 0 Å². The second-order valence-electron chi connectivity index (χ2n) is 5.29. The van der Waals surface area contributed by atoms with Crippen LogP contribution in [0, 0.1) is 12.8 Å². The van der Waals surface area contributed by atoms with Gasteiger partial charge in [-0.05, 0) is 61.6 Å². The topological polar surface area (TPSA) is 26.0 Å². The van der Waals surface area contributed by atoms with E-state index in [9.17, 15) is 0 Å². The molecular formula is C14H19N. The van der Waals surface area contributed by atoms with Crippen LogP contribution in [0.15, 0.2) is 18.2 Å². The summed E-state index contributed by atoms with van der Waals surface area (Å²) in [6.45, 7) is 3.06. The number of benzene rings is 1. The lowest BCUT2D eigenvalue weighted by Crippen LogP contribution is -2.32. The van der Waals surface area contributed by atoms with Gasteiger partial charge in [0.05, 0.1) is 0 Å². The van der Waals surface area contributed by atoms with E-state index in [1.165, 1.54) is 31.2 Å². The lowest BCUT2D eigenvalue weighted by Gasteiger charge is -2.33. The van der Waals surface area contributed by atoms with E-state index in [-0.39, 0.29) is 0 Å². The van der Waals surface area contributed by atoms with Crippen molar-refractivity contribution in [2.24, 2.45) is 11.7 Å². The number of hydrogen-bond acceptors (Lipinski definition) is 1. The Labute approximate surface area is 91.7 Å². The van der Waals surface area contributed by atoms with Gasteiger partial charge in [0.1, 0.15) is 0 Å². The highest BCUT2D eigenvalue weighted by Crippen LogP contribution is 2.58. The maximum absolute atomic E-state index is 5.91. The molecule has 2 aliphatic carbocycles. The Morgan fingerprint density at radius 1 is 1.40 bits per heavy atom. The summed E-state index contributed by atoms with van der Waals surface area (Å²) in [5.41, 5.74) is 11.0. The Balaban J connectivity index is 2.08. The molecule has 0 amide bonds. The largest absolute Gasteiger partial charge is 0.330 e. The Morgan fingerprint density at radius 3 is 2.87 bits per heavy atom. The Bertz CT molecular complexity index is 390. The highest BCUT2D eigenvalue weighted by Gasteiger charge is 2.52. The van der Waals surface area contributed by atoms with Gasteiger partial charge in [0.15, 0.2) is 0 Å². The van der Waals surface area contributed by atoms with Crippen molar-refractivity contribution >= 4 is 0 Å². The van der Waals surface area contributed by atoms with Crippen LogP contribution in [0.5, 0.6) is 0 Å². The minimum Gasteiger partial charge on any atom is -0.330 e. The lowest BCUT2D eigenvalue weighted by molar-refractivity contribution is 0.361. The summed E-state index contributed by atoms with van der Waals surface area (Å²) in [7, 11) is 0. The van der Waals surface area contributed by atoms with E-state index in [1.807, 2.05) is 0 Å². The fourth-order valence-corrected chi connectivity index (χ4v) is 3.40. The third kappa shape index (κ3) is 1.26. The van der Waals surface area contributed by atoms with Crippen LogP contribution in [0.1, 0.15) is 36.0 Å². The molecule has 3 rings (SSSR count). The molecule has 2 N–H and O–H groups in total. The zero-order chi connectivity index (χ0) is 10.5. The maximum Gasteiger partial charge on any atom is -0.000327 e. The highest BCUT2D eigenvalue weighted by atomic mass is 14.6. The molecule has 1 aromatic rings. The van der Waals surface area contributed by atoms with E-state index >= 15 is 0 Å². The summed E-state index contributed by atoms with van der Waals surface area (Å²) in [6, 6.07) is 7.00. The van der Waals surface area contributed by atoms with Gasteiger partial charge < -0.3 is 5.73 Å². The minimum atomic E-state index is 0.496. The molecule has 0 bridgehead atoms. The van der Waals surface area contributed by atoms with Crippen LogP contribution in [-0.2, 0) is 11.8 Å². The van der Waals surface area contributed by atoms with Gasteiger partial charge in [-0.3, -0.25) is 0 Å². The number of nitrogens with two attached hydrogens (primary N) is 1. The van der Waals surface area contributed by atoms with Crippen molar-refractivity contribution in [2.45, 2.75) is 38.0 Å². The minimum absolute atomic E-state index is 0.496. The molecule has 1 heteroatoms. The molecule has 0 aromatic heterocycles. The fraction of sp³-hybridized carbons (Fsp3) is 0.571. The molecular weight excluding hydrogens is 182 g/mol. The normalized spacial score (nSPS) is 26.4. The van der Waals surface area contributed by atoms with Crippen LogP contribution in [0.3, 0.4) is 0 Å². The number of rotatable bonds is 1. The zero-order valence-electron chi connectivity index (χ0n) is 9.42. The highest BCUT2D eigenvalue weighted by molar-refractivity contribution is 5.43. The van der Waals surface area contributed by atoms with Crippen molar-refractivity contribution in [3.05, 3.63) is 34.9 Å². The van der Waals surface area contributed by atoms with Crippen molar-refractivity contribution in [1.29, 1.82) is 0 Å². The molecule has 1 saturated carbocycles. The quantitative estimate of drug-likeness (QED) is 0.742. The average Bonchev–Trinajstić information content (AvgIpc) is 3.00. The molecule has 0 heterocycles. The van der Waals surface area contributed by atoms with Crippen molar-refractivity contribution in [1.82, 2.24) is 0 Å². The van der Waals surface area contributed by atoms with Crippen LogP contribution in [0.25, 0.3) is 0 Å². The van der Waals surface area contributed by atoms with E-state index in [4.69, 9.17) is 5.73 Å². The van der Waals surface area contributed by atoms with Crippen molar-refractivity contribution in [3.63, 3.8) is 0 Å². The molecule has 1 nitrogen and oxygen atoms in total. The smallest absolute Gasteiger partial charge is 0.000327 e. The van der Waals surface area contributed by atoms with Gasteiger partial charge >= 0.3 is 0 Å². The molecule has 80 valence electrons. The fourth-order valence-electron chi connectivity index (χ4n) is 3.40. The van der Waals surface area contributed by atoms with E-state index < -0.39 is 0 Å². The molecule has 2 aliphatic rings. The average molecular weight is 201 g/mol. The predicted molar refractivity (Wildman–Crippen MR) is 63.0 cm³/mol. The first kappa shape index (κ1) is 9.41. The molecule has 0 aliphatic heterocycles. The summed E-state index contributed by atoms with van der Waals surface area (Å²) in [5.74, 6) is 0.743. The third-order valence-corrected chi connectivity index (χ3v) is 4.41. The van der Waals surface area contributed by atoms with Gasteiger partial charge in [0, 0.05) is 0 Å². The molecule has 1 spiro atoms. The van der Waals surface area contributed by atoms with Crippen molar-refractivity contribution in [3.8, 4) is 0 Å². The van der Waals surface area contributed by atoms with Crippen molar-refractivity contribution in [2.75, 3.05) is 6.54 Å². The second kappa shape index (κ2) is 3.08. The van der Waals surface area contributed by atoms with E-state index in [0.717, 1.165) is 12.5 Å². The van der Waals surface area contributed by atoms with E-state index in [2.05, 4.69) is 25.1 Å². The van der Waals surface area contributed by atoms with E-state index in [1.54, 1.807) is 11.1 Å². The van der Waals surface area contributed by atoms with Crippen LogP contribution in [-0.4, -0.2) is 6.54 Å². The molecule has 15 heavy (non-hydrogen) atoms. The van der Waals surface area contributed by atoms with Gasteiger partial charge in [-0.15, -0.1) is 0 Å². The van der Waals surface area contributed by atoms with Gasteiger partial charge in [0.25, 0.3) is 0 Å². The molecule has 1 unspecified atom stereocenters. The maximum atomic E-state index is 5.91. The number of hydrogen-bond donors (Lipinski definition) is 1. The number of fused-ring (bicyclic) bond motifs is 2. The first-order chi connectivity index (χ1) is 7.26. The molecule has 1 aromatic carbocycles. The van der Waals surface area contributed by atoms with Gasteiger partial charge in [-0.1, -0.05) is 23.8 Å². The lowest BCUT2D eigenvalue weighted by atomic mass is 9.72. The number of aryl methyl sites for hydroxylation is 2. The Hall–Kier alpha value is -0.820. The Kier molecular flexibility index (Phi) is 1.93. The summed E-state index contributed by atoms with van der Waals surface area (Å²) < 4.78 is 0. The zero-order valence-corrected chi connectivity index (χ0v) is 9.42. The summed E-state index contributed by atoms with van der Waals surface area (Å²) in [5, 5.41) is 0. The molecule has 1 fully saturated rings. The third-order valence-electron chi connectivity index (χ3n) is 4.41. The first-order valence-electron chi connectivity index (χ1n) is 6.06. The van der Waals surface area contributed by atoms with Gasteiger partial charge in [-0.2, -0.15) is 0 Å². The molecule has 0 radical (unpaired) electrons.